The van der Waals surface area contributed by atoms with Crippen LogP contribution in [-0.4, -0.2) is 61.3 Å². The highest BCUT2D eigenvalue weighted by Crippen LogP contribution is 2.22. The number of anilines is 3. The molecule has 2 aromatic rings. The summed E-state index contributed by atoms with van der Waals surface area (Å²) in [5.41, 5.74) is 0.567. The van der Waals surface area contributed by atoms with Gasteiger partial charge in [0, 0.05) is 51.4 Å². The second-order valence-electron chi connectivity index (χ2n) is 6.79. The van der Waals surface area contributed by atoms with Crippen LogP contribution in [0.15, 0.2) is 35.2 Å². The molecule has 1 aliphatic rings. The van der Waals surface area contributed by atoms with Crippen molar-refractivity contribution < 1.29 is 13.2 Å². The van der Waals surface area contributed by atoms with Crippen molar-refractivity contribution in [1.82, 2.24) is 14.3 Å². The number of nitrogens with one attached hydrogen (secondary N) is 2. The lowest BCUT2D eigenvalue weighted by Gasteiger charge is -2.34. The predicted octanol–water partition coefficient (Wildman–Crippen LogP) is 1.69. The van der Waals surface area contributed by atoms with Crippen molar-refractivity contribution in [3.8, 4) is 0 Å². The molecule has 1 aromatic heterocycles. The molecular weight excluding hydrogens is 392 g/mol. The number of piperazine rings is 1. The summed E-state index contributed by atoms with van der Waals surface area (Å²) < 4.78 is 27.4. The third-order valence-corrected chi connectivity index (χ3v) is 6.47. The first-order valence-electron chi connectivity index (χ1n) is 9.52. The molecule has 0 radical (unpaired) electrons. The lowest BCUT2D eigenvalue weighted by Crippen LogP contribution is -2.49. The fourth-order valence-corrected chi connectivity index (χ4v) is 4.63. The van der Waals surface area contributed by atoms with Gasteiger partial charge in [-0.1, -0.05) is 0 Å². The Morgan fingerprint density at radius 3 is 2.34 bits per heavy atom. The summed E-state index contributed by atoms with van der Waals surface area (Å²) >= 11 is 0. The molecule has 0 atom stereocenters. The fourth-order valence-electron chi connectivity index (χ4n) is 3.21. The number of carbonyl (C=O) groups is 1. The molecule has 156 valence electrons. The smallest absolute Gasteiger partial charge is 0.243 e. The van der Waals surface area contributed by atoms with Gasteiger partial charge in [-0.2, -0.15) is 4.31 Å². The van der Waals surface area contributed by atoms with Crippen LogP contribution < -0.4 is 15.5 Å². The molecule has 0 spiro atoms. The van der Waals surface area contributed by atoms with Crippen LogP contribution in [0.3, 0.4) is 0 Å². The number of hydrogen-bond donors (Lipinski definition) is 2. The van der Waals surface area contributed by atoms with Crippen LogP contribution in [0.5, 0.6) is 0 Å². The summed E-state index contributed by atoms with van der Waals surface area (Å²) in [4.78, 5) is 22.2. The van der Waals surface area contributed by atoms with Crippen molar-refractivity contribution in [2.75, 3.05) is 48.3 Å². The van der Waals surface area contributed by atoms with Crippen molar-refractivity contribution >= 4 is 33.3 Å². The Labute approximate surface area is 171 Å². The van der Waals surface area contributed by atoms with Gasteiger partial charge in [-0.15, -0.1) is 0 Å². The molecular formula is C19H26N6O3S. The molecule has 2 heterocycles. The summed E-state index contributed by atoms with van der Waals surface area (Å²) in [5.74, 6) is 2.04. The van der Waals surface area contributed by atoms with Crippen LogP contribution in [0.4, 0.5) is 17.3 Å². The van der Waals surface area contributed by atoms with Gasteiger partial charge >= 0.3 is 0 Å². The molecule has 0 saturated carbocycles. The van der Waals surface area contributed by atoms with Gasteiger partial charge in [-0.05, 0) is 38.1 Å². The monoisotopic (exact) mass is 418 g/mol. The number of aryl methyl sites for hydroxylation is 1. The lowest BCUT2D eigenvalue weighted by atomic mass is 10.3. The van der Waals surface area contributed by atoms with E-state index in [2.05, 4.69) is 25.5 Å². The Balaban J connectivity index is 1.69. The Morgan fingerprint density at radius 2 is 1.76 bits per heavy atom. The predicted molar refractivity (Wildman–Crippen MR) is 113 cm³/mol. The molecule has 0 bridgehead atoms. The molecule has 10 heteroatoms. The van der Waals surface area contributed by atoms with Gasteiger partial charge in [0.2, 0.25) is 15.9 Å². The number of hydrogen-bond acceptors (Lipinski definition) is 7. The first-order valence-corrected chi connectivity index (χ1v) is 11.0. The minimum atomic E-state index is -3.59. The Hall–Kier alpha value is -2.72. The maximum Gasteiger partial charge on any atom is 0.243 e. The first kappa shape index (κ1) is 21.0. The van der Waals surface area contributed by atoms with E-state index in [1.54, 1.807) is 12.1 Å². The second kappa shape index (κ2) is 8.75. The normalized spacial score (nSPS) is 15.2. The lowest BCUT2D eigenvalue weighted by molar-refractivity contribution is -0.114. The average Bonchev–Trinajstić information content (AvgIpc) is 2.68. The zero-order valence-corrected chi connectivity index (χ0v) is 17.7. The van der Waals surface area contributed by atoms with Crippen LogP contribution in [-0.2, 0) is 14.8 Å². The van der Waals surface area contributed by atoms with E-state index in [4.69, 9.17) is 0 Å². The van der Waals surface area contributed by atoms with Gasteiger partial charge in [0.15, 0.2) is 0 Å². The Kier molecular flexibility index (Phi) is 6.33. The van der Waals surface area contributed by atoms with Crippen molar-refractivity contribution in [1.29, 1.82) is 0 Å². The van der Waals surface area contributed by atoms with Gasteiger partial charge < -0.3 is 15.5 Å². The van der Waals surface area contributed by atoms with E-state index in [-0.39, 0.29) is 10.8 Å². The third kappa shape index (κ3) is 5.01. The Bertz CT molecular complexity index is 970. The molecule has 1 amide bonds. The molecule has 0 unspecified atom stereocenters. The standard InChI is InChI=1S/C19H26N6O3S/c1-4-20-18-13-19(22-14(2)21-18)24-9-11-25(12-10-24)29(27,28)17-7-5-16(6-8-17)23-15(3)26/h5-8,13H,4,9-12H2,1-3H3,(H,23,26)(H,20,21,22). The SMILES string of the molecule is CCNc1cc(N2CCN(S(=O)(=O)c3ccc(NC(C)=O)cc3)CC2)nc(C)n1. The minimum absolute atomic E-state index is 0.200. The van der Waals surface area contributed by atoms with Crippen molar-refractivity contribution in [3.63, 3.8) is 0 Å². The summed E-state index contributed by atoms with van der Waals surface area (Å²) in [5, 5.41) is 5.82. The van der Waals surface area contributed by atoms with E-state index in [1.165, 1.54) is 23.4 Å². The van der Waals surface area contributed by atoms with Crippen molar-refractivity contribution in [2.45, 2.75) is 25.7 Å². The maximum absolute atomic E-state index is 12.9. The van der Waals surface area contributed by atoms with Crippen molar-refractivity contribution in [3.05, 3.63) is 36.2 Å². The zero-order chi connectivity index (χ0) is 21.0. The fraction of sp³-hybridized carbons (Fsp3) is 0.421. The molecule has 1 saturated heterocycles. The number of sulfonamides is 1. The van der Waals surface area contributed by atoms with Gasteiger partial charge in [0.1, 0.15) is 17.5 Å². The van der Waals surface area contributed by atoms with E-state index in [0.29, 0.717) is 37.7 Å². The van der Waals surface area contributed by atoms with Crippen LogP contribution in [0, 0.1) is 6.92 Å². The summed E-state index contributed by atoms with van der Waals surface area (Å²) in [6.45, 7) is 7.85. The number of rotatable bonds is 6. The number of amides is 1. The van der Waals surface area contributed by atoms with E-state index >= 15 is 0 Å². The van der Waals surface area contributed by atoms with E-state index < -0.39 is 10.0 Å². The first-order chi connectivity index (χ1) is 13.8. The number of carbonyl (C=O) groups excluding carboxylic acids is 1. The quantitative estimate of drug-likeness (QED) is 0.735. The van der Waals surface area contributed by atoms with Crippen LogP contribution >= 0.6 is 0 Å². The molecule has 1 aromatic carbocycles. The van der Waals surface area contributed by atoms with Gasteiger partial charge in [0.05, 0.1) is 4.90 Å². The number of benzene rings is 1. The van der Waals surface area contributed by atoms with Gasteiger partial charge in [-0.3, -0.25) is 4.79 Å². The van der Waals surface area contributed by atoms with E-state index in [0.717, 1.165) is 18.2 Å². The molecule has 0 aliphatic carbocycles. The van der Waals surface area contributed by atoms with Crippen LogP contribution in [0.2, 0.25) is 0 Å². The third-order valence-electron chi connectivity index (χ3n) is 4.56. The number of nitrogens with zero attached hydrogens (tertiary/aromatic N) is 4. The molecule has 2 N–H and O–H groups in total. The highest BCUT2D eigenvalue weighted by Gasteiger charge is 2.29. The Morgan fingerprint density at radius 1 is 1.10 bits per heavy atom. The van der Waals surface area contributed by atoms with Crippen LogP contribution in [0.1, 0.15) is 19.7 Å². The molecule has 1 aliphatic heterocycles. The highest BCUT2D eigenvalue weighted by molar-refractivity contribution is 7.89. The second-order valence-corrected chi connectivity index (χ2v) is 8.72. The van der Waals surface area contributed by atoms with E-state index in [1.807, 2.05) is 19.9 Å². The average molecular weight is 419 g/mol. The van der Waals surface area contributed by atoms with Gasteiger partial charge in [0.25, 0.3) is 0 Å². The maximum atomic E-state index is 12.9. The molecule has 1 fully saturated rings. The highest BCUT2D eigenvalue weighted by atomic mass is 32.2. The van der Waals surface area contributed by atoms with Gasteiger partial charge in [-0.25, -0.2) is 18.4 Å². The summed E-state index contributed by atoms with van der Waals surface area (Å²) in [6, 6.07) is 8.11. The molecule has 29 heavy (non-hydrogen) atoms. The minimum Gasteiger partial charge on any atom is -0.370 e. The van der Waals surface area contributed by atoms with Crippen LogP contribution in [0.25, 0.3) is 0 Å². The topological polar surface area (TPSA) is 108 Å². The van der Waals surface area contributed by atoms with Crippen molar-refractivity contribution in [2.24, 2.45) is 0 Å². The summed E-state index contributed by atoms with van der Waals surface area (Å²) in [6.07, 6.45) is 0. The zero-order valence-electron chi connectivity index (χ0n) is 16.8. The van der Waals surface area contributed by atoms with E-state index in [9.17, 15) is 13.2 Å². The molecule has 9 nitrogen and oxygen atoms in total. The summed E-state index contributed by atoms with van der Waals surface area (Å²) in [7, 11) is -3.59. The number of aromatic nitrogens is 2. The molecule has 3 rings (SSSR count). The largest absolute Gasteiger partial charge is 0.370 e.